The van der Waals surface area contributed by atoms with Gasteiger partial charge in [-0.3, -0.25) is 9.59 Å². The van der Waals surface area contributed by atoms with Gasteiger partial charge in [-0.05, 0) is 73.5 Å². The lowest BCUT2D eigenvalue weighted by Gasteiger charge is -2.18. The van der Waals surface area contributed by atoms with Crippen LogP contribution in [0.2, 0.25) is 0 Å². The Hall–Kier alpha value is -3.60. The molecule has 4 rings (SSSR count). The lowest BCUT2D eigenvalue weighted by Crippen LogP contribution is -2.28. The summed E-state index contributed by atoms with van der Waals surface area (Å²) < 4.78 is 5.77. The van der Waals surface area contributed by atoms with Gasteiger partial charge in [0.15, 0.2) is 0 Å². The minimum absolute atomic E-state index is 0.0231. The van der Waals surface area contributed by atoms with Gasteiger partial charge < -0.3 is 15.0 Å². The zero-order valence-corrected chi connectivity index (χ0v) is 17.1. The average molecular weight is 400 g/mol. The van der Waals surface area contributed by atoms with Crippen LogP contribution in [-0.4, -0.2) is 18.4 Å². The predicted octanol–water partition coefficient (Wildman–Crippen LogP) is 5.09. The van der Waals surface area contributed by atoms with Crippen LogP contribution in [0, 0.1) is 19.8 Å². The van der Waals surface area contributed by atoms with Crippen LogP contribution in [0.4, 0.5) is 11.4 Å². The Morgan fingerprint density at radius 3 is 2.33 bits per heavy atom. The second-order valence-electron chi connectivity index (χ2n) is 7.60. The van der Waals surface area contributed by atoms with E-state index in [-0.39, 0.29) is 24.2 Å². The van der Waals surface area contributed by atoms with Crippen LogP contribution in [0.1, 0.15) is 17.5 Å². The van der Waals surface area contributed by atoms with E-state index in [0.717, 1.165) is 17.0 Å². The van der Waals surface area contributed by atoms with Crippen LogP contribution >= 0.6 is 0 Å². The molecule has 0 unspecified atom stereocenters. The quantitative estimate of drug-likeness (QED) is 0.649. The summed E-state index contributed by atoms with van der Waals surface area (Å²) in [6.45, 7) is 4.45. The van der Waals surface area contributed by atoms with Crippen molar-refractivity contribution in [2.75, 3.05) is 16.8 Å². The van der Waals surface area contributed by atoms with Gasteiger partial charge in [-0.1, -0.05) is 24.3 Å². The van der Waals surface area contributed by atoms with Crippen LogP contribution < -0.4 is 15.0 Å². The van der Waals surface area contributed by atoms with Gasteiger partial charge in [0, 0.05) is 24.3 Å². The monoisotopic (exact) mass is 400 g/mol. The van der Waals surface area contributed by atoms with E-state index in [2.05, 4.69) is 5.32 Å². The molecule has 5 nitrogen and oxygen atoms in total. The van der Waals surface area contributed by atoms with Crippen molar-refractivity contribution in [1.29, 1.82) is 0 Å². The topological polar surface area (TPSA) is 58.6 Å². The number of carbonyl (C=O) groups excluding carboxylic acids is 2. The SMILES string of the molecule is Cc1ccc(N2C[C@@H](C(=O)Nc3ccc(Oc4ccccc4)cc3)CC2=O)cc1C. The van der Waals surface area contributed by atoms with Crippen molar-refractivity contribution < 1.29 is 14.3 Å². The highest BCUT2D eigenvalue weighted by atomic mass is 16.5. The van der Waals surface area contributed by atoms with Crippen molar-refractivity contribution in [1.82, 2.24) is 0 Å². The van der Waals surface area contributed by atoms with E-state index in [0.29, 0.717) is 18.0 Å². The van der Waals surface area contributed by atoms with Crippen LogP contribution in [-0.2, 0) is 9.59 Å². The Kier molecular flexibility index (Phi) is 5.53. The molecule has 1 aliphatic heterocycles. The van der Waals surface area contributed by atoms with Crippen LogP contribution in [0.15, 0.2) is 72.8 Å². The number of rotatable bonds is 5. The van der Waals surface area contributed by atoms with Crippen molar-refractivity contribution in [3.63, 3.8) is 0 Å². The van der Waals surface area contributed by atoms with Crippen LogP contribution in [0.5, 0.6) is 11.5 Å². The van der Waals surface area contributed by atoms with Gasteiger partial charge in [-0.25, -0.2) is 0 Å². The molecule has 0 bridgehead atoms. The van der Waals surface area contributed by atoms with Crippen LogP contribution in [0.25, 0.3) is 0 Å². The van der Waals surface area contributed by atoms with Gasteiger partial charge in [-0.2, -0.15) is 0 Å². The number of nitrogens with zero attached hydrogens (tertiary/aromatic N) is 1. The molecule has 152 valence electrons. The molecule has 0 aromatic heterocycles. The lowest BCUT2D eigenvalue weighted by atomic mass is 10.1. The van der Waals surface area contributed by atoms with Gasteiger partial charge in [0.25, 0.3) is 0 Å². The molecule has 0 spiro atoms. The van der Waals surface area contributed by atoms with Crippen molar-refractivity contribution in [3.05, 3.63) is 83.9 Å². The number of ether oxygens (including phenoxy) is 1. The summed E-state index contributed by atoms with van der Waals surface area (Å²) >= 11 is 0. The van der Waals surface area contributed by atoms with Gasteiger partial charge in [0.2, 0.25) is 11.8 Å². The molecule has 3 aromatic rings. The van der Waals surface area contributed by atoms with E-state index < -0.39 is 0 Å². The minimum Gasteiger partial charge on any atom is -0.457 e. The third-order valence-electron chi connectivity index (χ3n) is 5.40. The number of aryl methyl sites for hydroxylation is 2. The number of hydrogen-bond donors (Lipinski definition) is 1. The molecule has 3 aromatic carbocycles. The molecular formula is C25H24N2O3. The average Bonchev–Trinajstić information content (AvgIpc) is 3.14. The molecule has 1 fully saturated rings. The van der Waals surface area contributed by atoms with Crippen molar-refractivity contribution >= 4 is 23.2 Å². The number of amides is 2. The maximum atomic E-state index is 12.7. The zero-order valence-electron chi connectivity index (χ0n) is 17.1. The van der Waals surface area contributed by atoms with Crippen LogP contribution in [0.3, 0.4) is 0 Å². The smallest absolute Gasteiger partial charge is 0.229 e. The summed E-state index contributed by atoms with van der Waals surface area (Å²) in [7, 11) is 0. The zero-order chi connectivity index (χ0) is 21.1. The summed E-state index contributed by atoms with van der Waals surface area (Å²) in [5.74, 6) is 0.900. The highest BCUT2D eigenvalue weighted by Gasteiger charge is 2.35. The molecule has 2 amide bonds. The largest absolute Gasteiger partial charge is 0.457 e. The molecule has 0 radical (unpaired) electrons. The standard InChI is InChI=1S/C25H24N2O3/c1-17-8-11-21(14-18(17)2)27-16-19(15-24(27)28)25(29)26-20-9-12-23(13-10-20)30-22-6-4-3-5-7-22/h3-14,19H,15-16H2,1-2H3,(H,26,29)/t19-/m0/s1. The van der Waals surface area contributed by atoms with Crippen molar-refractivity contribution in [2.45, 2.75) is 20.3 Å². The molecule has 1 N–H and O–H groups in total. The highest BCUT2D eigenvalue weighted by molar-refractivity contribution is 6.03. The first-order valence-corrected chi connectivity index (χ1v) is 10.0. The second-order valence-corrected chi connectivity index (χ2v) is 7.60. The number of carbonyl (C=O) groups is 2. The van der Waals surface area contributed by atoms with E-state index >= 15 is 0 Å². The molecular weight excluding hydrogens is 376 g/mol. The van der Waals surface area contributed by atoms with E-state index in [4.69, 9.17) is 4.74 Å². The number of benzene rings is 3. The fourth-order valence-corrected chi connectivity index (χ4v) is 3.50. The number of hydrogen-bond acceptors (Lipinski definition) is 3. The first kappa shape index (κ1) is 19.7. The predicted molar refractivity (Wildman–Crippen MR) is 118 cm³/mol. The van der Waals surface area contributed by atoms with Gasteiger partial charge in [0.05, 0.1) is 5.92 Å². The normalized spacial score (nSPS) is 15.9. The van der Waals surface area contributed by atoms with Crippen molar-refractivity contribution in [2.24, 2.45) is 5.92 Å². The summed E-state index contributed by atoms with van der Waals surface area (Å²) in [6.07, 6.45) is 0.216. The van der Waals surface area contributed by atoms with Gasteiger partial charge in [0.1, 0.15) is 11.5 Å². The summed E-state index contributed by atoms with van der Waals surface area (Å²) in [6, 6.07) is 22.7. The van der Waals surface area contributed by atoms with E-state index in [1.165, 1.54) is 5.56 Å². The molecule has 1 saturated heterocycles. The van der Waals surface area contributed by atoms with E-state index in [9.17, 15) is 9.59 Å². The Balaban J connectivity index is 1.38. The van der Waals surface area contributed by atoms with E-state index in [1.54, 1.807) is 17.0 Å². The summed E-state index contributed by atoms with van der Waals surface area (Å²) in [5, 5.41) is 2.91. The molecule has 5 heteroatoms. The Morgan fingerprint density at radius 1 is 0.933 bits per heavy atom. The van der Waals surface area contributed by atoms with Gasteiger partial charge >= 0.3 is 0 Å². The lowest BCUT2D eigenvalue weighted by molar-refractivity contribution is -0.122. The number of para-hydroxylation sites is 1. The Labute approximate surface area is 176 Å². The number of anilines is 2. The number of nitrogens with one attached hydrogen (secondary N) is 1. The second kappa shape index (κ2) is 8.41. The maximum absolute atomic E-state index is 12.7. The van der Waals surface area contributed by atoms with E-state index in [1.807, 2.05) is 74.5 Å². The molecule has 1 heterocycles. The van der Waals surface area contributed by atoms with Gasteiger partial charge in [-0.15, -0.1) is 0 Å². The Bertz CT molecular complexity index is 1060. The first-order valence-electron chi connectivity index (χ1n) is 10.0. The van der Waals surface area contributed by atoms with Crippen molar-refractivity contribution in [3.8, 4) is 11.5 Å². The minimum atomic E-state index is -0.376. The fourth-order valence-electron chi connectivity index (χ4n) is 3.50. The molecule has 1 aliphatic rings. The summed E-state index contributed by atoms with van der Waals surface area (Å²) in [5.41, 5.74) is 3.84. The highest BCUT2D eigenvalue weighted by Crippen LogP contribution is 2.28. The summed E-state index contributed by atoms with van der Waals surface area (Å²) in [4.78, 5) is 26.9. The fraction of sp³-hybridized carbons (Fsp3) is 0.200. The molecule has 0 aliphatic carbocycles. The molecule has 1 atom stereocenters. The molecule has 30 heavy (non-hydrogen) atoms. The molecule has 0 saturated carbocycles. The third-order valence-corrected chi connectivity index (χ3v) is 5.40. The third kappa shape index (κ3) is 4.35. The maximum Gasteiger partial charge on any atom is 0.229 e. The Morgan fingerprint density at radius 2 is 1.63 bits per heavy atom. The first-order chi connectivity index (χ1) is 14.5.